The maximum Gasteiger partial charge on any atom is 0.246 e. The number of hydrogen-bond acceptors (Lipinski definition) is 5. The van der Waals surface area contributed by atoms with Crippen LogP contribution in [-0.2, 0) is 10.0 Å². The topological polar surface area (TPSA) is 75.4 Å². The molecule has 0 amide bonds. The Hall–Kier alpha value is -0.920. The van der Waals surface area contributed by atoms with Crippen LogP contribution in [0, 0.1) is 19.8 Å². The zero-order valence-corrected chi connectivity index (χ0v) is 12.6. The summed E-state index contributed by atoms with van der Waals surface area (Å²) in [7, 11) is 0.413. The van der Waals surface area contributed by atoms with Crippen molar-refractivity contribution in [3.63, 3.8) is 0 Å². The van der Waals surface area contributed by atoms with Crippen molar-refractivity contribution in [2.45, 2.75) is 37.6 Å². The first-order valence-electron chi connectivity index (χ1n) is 6.42. The van der Waals surface area contributed by atoms with Gasteiger partial charge in [0.15, 0.2) is 5.76 Å². The van der Waals surface area contributed by atoms with Crippen LogP contribution in [0.15, 0.2) is 9.42 Å². The molecule has 0 aromatic carbocycles. The molecule has 1 aliphatic carbocycles. The Labute approximate surface area is 114 Å². The molecule has 1 unspecified atom stereocenters. The summed E-state index contributed by atoms with van der Waals surface area (Å²) < 4.78 is 32.1. The number of likely N-dealkylation sites (N-methyl/N-ethyl adjacent to an activating group) is 1. The Morgan fingerprint density at radius 1 is 1.42 bits per heavy atom. The number of nitrogens with zero attached hydrogens (tertiary/aromatic N) is 2. The van der Waals surface area contributed by atoms with Crippen molar-refractivity contribution < 1.29 is 12.9 Å². The molecule has 1 fully saturated rings. The Bertz CT molecular complexity index is 525. The van der Waals surface area contributed by atoms with Gasteiger partial charge in [-0.3, -0.25) is 0 Å². The Kier molecular flexibility index (Phi) is 3.98. The number of rotatable bonds is 6. The average molecular weight is 287 g/mol. The minimum Gasteiger partial charge on any atom is -0.360 e. The molecule has 1 aromatic heterocycles. The number of aromatic nitrogens is 1. The van der Waals surface area contributed by atoms with Crippen LogP contribution in [0.1, 0.15) is 24.3 Å². The number of nitrogens with one attached hydrogen (secondary N) is 1. The van der Waals surface area contributed by atoms with Gasteiger partial charge in [0.2, 0.25) is 10.0 Å². The lowest BCUT2D eigenvalue weighted by Gasteiger charge is -2.24. The molecule has 1 heterocycles. The van der Waals surface area contributed by atoms with Crippen LogP contribution in [0.2, 0.25) is 0 Å². The third kappa shape index (κ3) is 3.16. The first kappa shape index (κ1) is 14.5. The largest absolute Gasteiger partial charge is 0.360 e. The minimum absolute atomic E-state index is 0.167. The van der Waals surface area contributed by atoms with E-state index in [0.717, 1.165) is 0 Å². The fourth-order valence-electron chi connectivity index (χ4n) is 2.38. The molecule has 2 rings (SSSR count). The number of aryl methyl sites for hydroxylation is 2. The van der Waals surface area contributed by atoms with Crippen LogP contribution in [-0.4, -0.2) is 45.2 Å². The van der Waals surface area contributed by atoms with Crippen LogP contribution in [0.3, 0.4) is 0 Å². The van der Waals surface area contributed by atoms with E-state index in [0.29, 0.717) is 23.9 Å². The lowest BCUT2D eigenvalue weighted by molar-refractivity contribution is 0.265. The van der Waals surface area contributed by atoms with Gasteiger partial charge in [0, 0.05) is 12.6 Å². The molecular formula is C12H21N3O3S. The summed E-state index contributed by atoms with van der Waals surface area (Å²) in [6.45, 7) is 3.67. The molecule has 6 nitrogen and oxygen atoms in total. The van der Waals surface area contributed by atoms with E-state index in [1.54, 1.807) is 13.8 Å². The van der Waals surface area contributed by atoms with Crippen molar-refractivity contribution >= 4 is 10.0 Å². The highest BCUT2D eigenvalue weighted by atomic mass is 32.2. The summed E-state index contributed by atoms with van der Waals surface area (Å²) in [6, 6.07) is 0.246. The second-order valence-electron chi connectivity index (χ2n) is 5.37. The molecule has 1 saturated carbocycles. The maximum atomic E-state index is 12.3. The van der Waals surface area contributed by atoms with Gasteiger partial charge in [0.25, 0.3) is 0 Å². The average Bonchev–Trinajstić information content (AvgIpc) is 3.04. The van der Waals surface area contributed by atoms with Crippen molar-refractivity contribution in [1.82, 2.24) is 14.8 Å². The Balaban J connectivity index is 2.09. The van der Waals surface area contributed by atoms with Gasteiger partial charge in [0.05, 0.1) is 0 Å². The molecule has 1 N–H and O–H groups in total. The van der Waals surface area contributed by atoms with Crippen LogP contribution < -0.4 is 4.72 Å². The second kappa shape index (κ2) is 5.22. The summed E-state index contributed by atoms with van der Waals surface area (Å²) >= 11 is 0. The fourth-order valence-corrected chi connectivity index (χ4v) is 3.75. The summed E-state index contributed by atoms with van der Waals surface area (Å²) in [5.74, 6) is 0.931. The van der Waals surface area contributed by atoms with Crippen molar-refractivity contribution in [2.24, 2.45) is 5.92 Å². The molecule has 1 atom stereocenters. The third-order valence-corrected chi connectivity index (χ3v) is 5.22. The molecule has 0 spiro atoms. The number of sulfonamides is 1. The first-order chi connectivity index (χ1) is 8.83. The smallest absolute Gasteiger partial charge is 0.246 e. The van der Waals surface area contributed by atoms with E-state index >= 15 is 0 Å². The van der Waals surface area contributed by atoms with Gasteiger partial charge >= 0.3 is 0 Å². The first-order valence-corrected chi connectivity index (χ1v) is 7.90. The number of hydrogen-bond donors (Lipinski definition) is 1. The zero-order valence-electron chi connectivity index (χ0n) is 11.8. The summed E-state index contributed by atoms with van der Waals surface area (Å²) in [5.41, 5.74) is 0.401. The van der Waals surface area contributed by atoms with E-state index < -0.39 is 10.0 Å². The fraction of sp³-hybridized carbons (Fsp3) is 0.750. The van der Waals surface area contributed by atoms with E-state index in [4.69, 9.17) is 4.52 Å². The van der Waals surface area contributed by atoms with Crippen LogP contribution >= 0.6 is 0 Å². The lowest BCUT2D eigenvalue weighted by atomic mass is 10.2. The molecular weight excluding hydrogens is 266 g/mol. The lowest BCUT2D eigenvalue weighted by Crippen LogP contribution is -2.41. The summed E-state index contributed by atoms with van der Waals surface area (Å²) in [4.78, 5) is 2.24. The van der Waals surface area contributed by atoms with Gasteiger partial charge in [-0.2, -0.15) is 0 Å². The molecule has 7 heteroatoms. The van der Waals surface area contributed by atoms with Crippen molar-refractivity contribution in [1.29, 1.82) is 0 Å². The van der Waals surface area contributed by atoms with Crippen LogP contribution in [0.25, 0.3) is 0 Å². The third-order valence-electron chi connectivity index (χ3n) is 3.55. The molecule has 1 aromatic rings. The van der Waals surface area contributed by atoms with E-state index in [1.165, 1.54) is 12.8 Å². The molecule has 108 valence electrons. The van der Waals surface area contributed by atoms with E-state index in [2.05, 4.69) is 14.8 Å². The van der Waals surface area contributed by atoms with Gasteiger partial charge in [-0.05, 0) is 46.7 Å². The predicted octanol–water partition coefficient (Wildman–Crippen LogP) is 0.910. The van der Waals surface area contributed by atoms with Gasteiger partial charge < -0.3 is 9.42 Å². The molecule has 1 aliphatic rings. The van der Waals surface area contributed by atoms with E-state index in [9.17, 15) is 8.42 Å². The summed E-state index contributed by atoms with van der Waals surface area (Å²) in [5, 5.41) is 3.69. The van der Waals surface area contributed by atoms with Gasteiger partial charge in [0.1, 0.15) is 10.6 Å². The monoisotopic (exact) mass is 287 g/mol. The predicted molar refractivity (Wildman–Crippen MR) is 71.4 cm³/mol. The maximum absolute atomic E-state index is 12.3. The SMILES string of the molecule is Cc1noc(C)c1S(=O)(=O)NCC(C1CC1)N(C)C. The zero-order chi connectivity index (χ0) is 14.2. The van der Waals surface area contributed by atoms with Gasteiger partial charge in [-0.15, -0.1) is 0 Å². The highest BCUT2D eigenvalue weighted by Crippen LogP contribution is 2.34. The molecule has 0 radical (unpaired) electrons. The molecule has 0 bridgehead atoms. The van der Waals surface area contributed by atoms with Crippen LogP contribution in [0.5, 0.6) is 0 Å². The standard InChI is InChI=1S/C12H21N3O3S/c1-8-12(9(2)18-14-8)19(16,17)13-7-11(15(3)4)10-5-6-10/h10-11,13H,5-7H2,1-4H3. The quantitative estimate of drug-likeness (QED) is 0.841. The minimum atomic E-state index is -3.55. The van der Waals surface area contributed by atoms with Crippen molar-refractivity contribution in [2.75, 3.05) is 20.6 Å². The van der Waals surface area contributed by atoms with Crippen molar-refractivity contribution in [3.05, 3.63) is 11.5 Å². The van der Waals surface area contributed by atoms with Gasteiger partial charge in [-0.25, -0.2) is 13.1 Å². The highest BCUT2D eigenvalue weighted by molar-refractivity contribution is 7.89. The van der Waals surface area contributed by atoms with Gasteiger partial charge in [-0.1, -0.05) is 5.16 Å². The highest BCUT2D eigenvalue weighted by Gasteiger charge is 2.34. The molecule has 19 heavy (non-hydrogen) atoms. The Morgan fingerprint density at radius 2 is 2.05 bits per heavy atom. The second-order valence-corrected chi connectivity index (χ2v) is 7.08. The summed E-state index contributed by atoms with van der Waals surface area (Å²) in [6.07, 6.45) is 2.35. The normalized spacial score (nSPS) is 17.9. The van der Waals surface area contributed by atoms with E-state index in [1.807, 2.05) is 14.1 Å². The van der Waals surface area contributed by atoms with Crippen molar-refractivity contribution in [3.8, 4) is 0 Å². The van der Waals surface area contributed by atoms with E-state index in [-0.39, 0.29) is 10.9 Å². The molecule has 0 aliphatic heterocycles. The molecule has 0 saturated heterocycles. The Morgan fingerprint density at radius 3 is 2.47 bits per heavy atom. The van der Waals surface area contributed by atoms with Crippen LogP contribution in [0.4, 0.5) is 0 Å².